The molecular weight excluding hydrogens is 456 g/mol. The fraction of sp³-hybridized carbons (Fsp3) is 0.524. The Morgan fingerprint density at radius 1 is 1.31 bits per heavy atom. The van der Waals surface area contributed by atoms with E-state index in [1.165, 1.54) is 11.0 Å². The molecule has 0 saturated carbocycles. The minimum atomic E-state index is -3.15. The summed E-state index contributed by atoms with van der Waals surface area (Å²) in [6.45, 7) is 5.60. The molecule has 11 heteroatoms. The molecule has 32 heavy (non-hydrogen) atoms. The van der Waals surface area contributed by atoms with E-state index in [1.54, 1.807) is 10.7 Å². The van der Waals surface area contributed by atoms with Gasteiger partial charge in [0.15, 0.2) is 28.0 Å². The molecule has 1 unspecified atom stereocenters. The van der Waals surface area contributed by atoms with Gasteiger partial charge in [-0.05, 0) is 44.9 Å². The number of ether oxygens (including phenoxy) is 1. The number of aryl methyl sites for hydroxylation is 2. The fourth-order valence-electron chi connectivity index (χ4n) is 3.69. The van der Waals surface area contributed by atoms with Crippen LogP contribution < -0.4 is 0 Å². The Morgan fingerprint density at radius 3 is 2.66 bits per heavy atom. The fourth-order valence-corrected chi connectivity index (χ4v) is 5.61. The van der Waals surface area contributed by atoms with Gasteiger partial charge in [-0.2, -0.15) is 5.10 Å². The van der Waals surface area contributed by atoms with Crippen molar-refractivity contribution in [3.63, 3.8) is 0 Å². The molecule has 0 aromatic carbocycles. The zero-order valence-electron chi connectivity index (χ0n) is 18.4. The second kappa shape index (κ2) is 9.99. The van der Waals surface area contributed by atoms with Gasteiger partial charge in [0, 0.05) is 18.3 Å². The molecule has 0 bridgehead atoms. The summed E-state index contributed by atoms with van der Waals surface area (Å²) < 4.78 is 30.5. The molecule has 1 aliphatic heterocycles. The minimum absolute atomic E-state index is 0.0610. The first kappa shape index (κ1) is 24.2. The monoisotopic (exact) mass is 482 g/mol. The second-order valence-electron chi connectivity index (χ2n) is 7.91. The van der Waals surface area contributed by atoms with Crippen molar-refractivity contribution >= 4 is 33.3 Å². The number of nitrogens with zero attached hydrogens (tertiary/aromatic N) is 4. The highest BCUT2D eigenvalue weighted by Crippen LogP contribution is 2.20. The average molecular weight is 483 g/mol. The first-order valence-electron chi connectivity index (χ1n) is 10.5. The van der Waals surface area contributed by atoms with Gasteiger partial charge in [0.25, 0.3) is 5.91 Å². The molecule has 2 aromatic rings. The lowest BCUT2D eigenvalue weighted by Crippen LogP contribution is -2.44. The first-order valence-corrected chi connectivity index (χ1v) is 12.7. The molecule has 9 nitrogen and oxygen atoms in total. The maximum atomic E-state index is 12.8. The number of sulfone groups is 1. The summed E-state index contributed by atoms with van der Waals surface area (Å²) >= 11 is 6.15. The van der Waals surface area contributed by atoms with E-state index in [2.05, 4.69) is 10.1 Å². The normalized spacial score (nSPS) is 17.3. The largest absolute Gasteiger partial charge is 0.451 e. The van der Waals surface area contributed by atoms with E-state index in [4.69, 9.17) is 16.3 Å². The van der Waals surface area contributed by atoms with E-state index in [9.17, 15) is 18.0 Å². The smallest absolute Gasteiger partial charge is 0.359 e. The number of esters is 1. The SMILES string of the molecule is CCCCN(C(=O)COC(=O)c1nc(-n2nc(C)cc2C)ccc1Cl)C1CCS(=O)(=O)C1. The molecule has 1 amide bonds. The van der Waals surface area contributed by atoms with Gasteiger partial charge in [-0.25, -0.2) is 22.9 Å². The van der Waals surface area contributed by atoms with Gasteiger partial charge in [0.05, 0.1) is 22.2 Å². The van der Waals surface area contributed by atoms with Crippen LogP contribution in [0.4, 0.5) is 0 Å². The van der Waals surface area contributed by atoms with Crippen LogP contribution in [0.1, 0.15) is 48.1 Å². The van der Waals surface area contributed by atoms with Crippen molar-refractivity contribution in [3.05, 3.63) is 40.3 Å². The van der Waals surface area contributed by atoms with Gasteiger partial charge in [0.2, 0.25) is 0 Å². The van der Waals surface area contributed by atoms with Gasteiger partial charge in [-0.3, -0.25) is 4.79 Å². The summed E-state index contributed by atoms with van der Waals surface area (Å²) in [5, 5.41) is 4.44. The number of rotatable bonds is 8. The van der Waals surface area contributed by atoms with Crippen LogP contribution in [-0.2, 0) is 19.4 Å². The van der Waals surface area contributed by atoms with E-state index in [-0.39, 0.29) is 22.2 Å². The van der Waals surface area contributed by atoms with E-state index < -0.39 is 34.4 Å². The Bertz CT molecular complexity index is 1120. The average Bonchev–Trinajstić information content (AvgIpc) is 3.27. The third-order valence-electron chi connectivity index (χ3n) is 5.30. The Labute approximate surface area is 192 Å². The molecule has 1 fully saturated rings. The Balaban J connectivity index is 1.71. The lowest BCUT2D eigenvalue weighted by Gasteiger charge is -2.28. The third kappa shape index (κ3) is 5.66. The molecule has 1 saturated heterocycles. The van der Waals surface area contributed by atoms with Crippen molar-refractivity contribution in [1.29, 1.82) is 0 Å². The lowest BCUT2D eigenvalue weighted by atomic mass is 10.2. The van der Waals surface area contributed by atoms with Crippen LogP contribution in [0.5, 0.6) is 0 Å². The van der Waals surface area contributed by atoms with E-state index in [1.807, 2.05) is 26.8 Å². The number of aromatic nitrogens is 3. The Morgan fingerprint density at radius 2 is 2.06 bits per heavy atom. The van der Waals surface area contributed by atoms with Crippen LogP contribution in [0.25, 0.3) is 5.82 Å². The first-order chi connectivity index (χ1) is 15.1. The van der Waals surface area contributed by atoms with Gasteiger partial charge >= 0.3 is 5.97 Å². The molecule has 3 rings (SSSR count). The van der Waals surface area contributed by atoms with Gasteiger partial charge in [-0.15, -0.1) is 0 Å². The van der Waals surface area contributed by atoms with Crippen molar-refractivity contribution < 1.29 is 22.7 Å². The maximum Gasteiger partial charge on any atom is 0.359 e. The topological polar surface area (TPSA) is 111 Å². The van der Waals surface area contributed by atoms with Crippen molar-refractivity contribution in [2.24, 2.45) is 0 Å². The van der Waals surface area contributed by atoms with Crippen LogP contribution in [-0.4, -0.2) is 70.7 Å². The number of carbonyl (C=O) groups excluding carboxylic acids is 2. The van der Waals surface area contributed by atoms with Gasteiger partial charge in [-0.1, -0.05) is 24.9 Å². The van der Waals surface area contributed by atoms with Crippen LogP contribution >= 0.6 is 11.6 Å². The highest BCUT2D eigenvalue weighted by atomic mass is 35.5. The number of halogens is 1. The number of amides is 1. The van der Waals surface area contributed by atoms with Crippen molar-refractivity contribution in [3.8, 4) is 5.82 Å². The van der Waals surface area contributed by atoms with E-state index >= 15 is 0 Å². The predicted octanol–water partition coefficient (Wildman–Crippen LogP) is 2.51. The summed E-state index contributed by atoms with van der Waals surface area (Å²) in [6, 6.07) is 4.64. The molecular formula is C21H27ClN4O5S. The minimum Gasteiger partial charge on any atom is -0.451 e. The van der Waals surface area contributed by atoms with Crippen molar-refractivity contribution in [1.82, 2.24) is 19.7 Å². The zero-order chi connectivity index (χ0) is 23.5. The molecule has 3 heterocycles. The summed E-state index contributed by atoms with van der Waals surface area (Å²) in [5.41, 5.74) is 1.52. The number of carbonyl (C=O) groups is 2. The van der Waals surface area contributed by atoms with Crippen molar-refractivity contribution in [2.45, 2.75) is 46.1 Å². The summed E-state index contributed by atoms with van der Waals surface area (Å²) in [6.07, 6.45) is 1.97. The molecule has 0 N–H and O–H groups in total. The summed E-state index contributed by atoms with van der Waals surface area (Å²) in [7, 11) is -3.15. The third-order valence-corrected chi connectivity index (χ3v) is 7.36. The summed E-state index contributed by atoms with van der Waals surface area (Å²) in [5.74, 6) is -0.861. The Kier molecular flexibility index (Phi) is 7.55. The molecule has 2 aromatic heterocycles. The highest BCUT2D eigenvalue weighted by molar-refractivity contribution is 7.91. The van der Waals surface area contributed by atoms with Gasteiger partial charge in [0.1, 0.15) is 0 Å². The molecule has 174 valence electrons. The van der Waals surface area contributed by atoms with E-state index in [0.29, 0.717) is 18.8 Å². The van der Waals surface area contributed by atoms with E-state index in [0.717, 1.165) is 24.2 Å². The second-order valence-corrected chi connectivity index (χ2v) is 10.5. The van der Waals surface area contributed by atoms with Crippen LogP contribution in [0.3, 0.4) is 0 Å². The Hall–Kier alpha value is -2.46. The molecule has 1 aliphatic rings. The number of hydrogen-bond acceptors (Lipinski definition) is 7. The zero-order valence-corrected chi connectivity index (χ0v) is 19.9. The molecule has 0 spiro atoms. The quantitative estimate of drug-likeness (QED) is 0.531. The number of hydrogen-bond donors (Lipinski definition) is 0. The predicted molar refractivity (Wildman–Crippen MR) is 120 cm³/mol. The maximum absolute atomic E-state index is 12.8. The lowest BCUT2D eigenvalue weighted by molar-refractivity contribution is -0.136. The van der Waals surface area contributed by atoms with Crippen LogP contribution in [0.15, 0.2) is 18.2 Å². The van der Waals surface area contributed by atoms with Crippen LogP contribution in [0.2, 0.25) is 5.02 Å². The van der Waals surface area contributed by atoms with Gasteiger partial charge < -0.3 is 9.64 Å². The summed E-state index contributed by atoms with van der Waals surface area (Å²) in [4.78, 5) is 31.2. The van der Waals surface area contributed by atoms with Crippen molar-refractivity contribution in [2.75, 3.05) is 24.7 Å². The number of unbranched alkanes of at least 4 members (excludes halogenated alkanes) is 1. The molecule has 0 radical (unpaired) electrons. The number of pyridine rings is 1. The van der Waals surface area contributed by atoms with Crippen LogP contribution in [0, 0.1) is 13.8 Å². The molecule has 0 aliphatic carbocycles. The molecule has 1 atom stereocenters. The highest BCUT2D eigenvalue weighted by Gasteiger charge is 2.34. The standard InChI is InChI=1S/C21H27ClN4O5S/c1-4-5-9-25(16-8-10-32(29,30)13-16)19(27)12-31-21(28)20-17(22)6-7-18(23-20)26-15(3)11-14(2)24-26/h6-7,11,16H,4-5,8-10,12-13H2,1-3H3.